The van der Waals surface area contributed by atoms with E-state index in [0.29, 0.717) is 6.04 Å². The zero-order valence-electron chi connectivity index (χ0n) is 13.9. The summed E-state index contributed by atoms with van der Waals surface area (Å²) in [5, 5.41) is 2.32. The molecule has 1 aliphatic heterocycles. The summed E-state index contributed by atoms with van der Waals surface area (Å²) < 4.78 is 5.39. The highest BCUT2D eigenvalue weighted by Crippen LogP contribution is 2.24. The molecule has 2 aliphatic rings. The average molecular weight is 298 g/mol. The lowest BCUT2D eigenvalue weighted by Crippen LogP contribution is -2.41. The van der Waals surface area contributed by atoms with E-state index in [0.717, 1.165) is 46.0 Å². The molecule has 0 aromatic carbocycles. The zero-order chi connectivity index (χ0) is 14.8. The van der Waals surface area contributed by atoms with Gasteiger partial charge in [0.1, 0.15) is 0 Å². The van der Waals surface area contributed by atoms with Gasteiger partial charge in [-0.3, -0.25) is 9.74 Å². The van der Waals surface area contributed by atoms with Crippen LogP contribution in [0.5, 0.6) is 0 Å². The quantitative estimate of drug-likeness (QED) is 0.457. The Morgan fingerprint density at radius 2 is 1.86 bits per heavy atom. The Labute approximate surface area is 130 Å². The van der Waals surface area contributed by atoms with Gasteiger partial charge in [-0.1, -0.05) is 39.0 Å². The molecule has 1 aliphatic carbocycles. The fraction of sp³-hybridized carbons (Fsp3) is 1.00. The molecule has 4 nitrogen and oxygen atoms in total. The molecule has 0 aromatic rings. The first kappa shape index (κ1) is 17.2. The van der Waals surface area contributed by atoms with Gasteiger partial charge in [-0.25, -0.2) is 0 Å². The molecular weight excluding hydrogens is 264 g/mol. The average Bonchev–Trinajstić information content (AvgIpc) is 3.05. The van der Waals surface area contributed by atoms with E-state index in [1.807, 2.05) is 0 Å². The molecule has 0 unspecified atom stereocenters. The smallest absolute Gasteiger partial charge is 0.0812 e. The van der Waals surface area contributed by atoms with Crippen molar-refractivity contribution in [2.45, 2.75) is 64.3 Å². The van der Waals surface area contributed by atoms with Gasteiger partial charge in [0.2, 0.25) is 0 Å². The van der Waals surface area contributed by atoms with Gasteiger partial charge in [0.25, 0.3) is 0 Å². The van der Waals surface area contributed by atoms with Crippen molar-refractivity contribution in [1.29, 1.82) is 0 Å². The summed E-state index contributed by atoms with van der Waals surface area (Å²) in [6.45, 7) is 9.15. The summed E-state index contributed by atoms with van der Waals surface area (Å²) in [7, 11) is 0. The molecule has 2 rings (SSSR count). The predicted octanol–water partition coefficient (Wildman–Crippen LogP) is 3.08. The molecule has 124 valence electrons. The summed E-state index contributed by atoms with van der Waals surface area (Å²) in [4.78, 5) is 8.61. The van der Waals surface area contributed by atoms with Crippen LogP contribution >= 0.6 is 0 Å². The Morgan fingerprint density at radius 3 is 2.57 bits per heavy atom. The van der Waals surface area contributed by atoms with Crippen molar-refractivity contribution >= 4 is 0 Å². The van der Waals surface area contributed by atoms with Crippen molar-refractivity contribution in [3.8, 4) is 0 Å². The summed E-state index contributed by atoms with van der Waals surface area (Å²) in [6.07, 6.45) is 10.7. The molecule has 2 fully saturated rings. The fourth-order valence-corrected chi connectivity index (χ4v) is 3.35. The second-order valence-electron chi connectivity index (χ2n) is 6.43. The molecule has 4 heteroatoms. The molecule has 0 bridgehead atoms. The lowest BCUT2D eigenvalue weighted by molar-refractivity contribution is -0.189. The van der Waals surface area contributed by atoms with Crippen LogP contribution in [0, 0.1) is 0 Å². The van der Waals surface area contributed by atoms with Crippen molar-refractivity contribution in [2.75, 3.05) is 46.0 Å². The summed E-state index contributed by atoms with van der Waals surface area (Å²) in [5.74, 6) is 0. The lowest BCUT2D eigenvalue weighted by atomic mass is 10.2. The van der Waals surface area contributed by atoms with Gasteiger partial charge >= 0.3 is 0 Å². The highest BCUT2D eigenvalue weighted by molar-refractivity contribution is 4.73. The minimum Gasteiger partial charge on any atom is -0.379 e. The molecule has 0 aromatic heterocycles. The van der Waals surface area contributed by atoms with Crippen molar-refractivity contribution in [3.63, 3.8) is 0 Å². The van der Waals surface area contributed by atoms with Gasteiger partial charge in [0.05, 0.1) is 19.8 Å². The Morgan fingerprint density at radius 1 is 1.10 bits per heavy atom. The molecule has 0 atom stereocenters. The van der Waals surface area contributed by atoms with Crippen LogP contribution in [0.2, 0.25) is 0 Å². The minimum absolute atomic E-state index is 0.677. The highest BCUT2D eigenvalue weighted by atomic mass is 16.7. The van der Waals surface area contributed by atoms with E-state index in [4.69, 9.17) is 9.57 Å². The maximum Gasteiger partial charge on any atom is 0.0812 e. The summed E-state index contributed by atoms with van der Waals surface area (Å²) in [6, 6.07) is 0.677. The number of hydrogen-bond donors (Lipinski definition) is 0. The summed E-state index contributed by atoms with van der Waals surface area (Å²) >= 11 is 0. The SMILES string of the molecule is CCCCCCN(OCCN1CCOCC1)C1CCCC1. The zero-order valence-corrected chi connectivity index (χ0v) is 13.9. The van der Waals surface area contributed by atoms with Crippen LogP contribution in [0.3, 0.4) is 0 Å². The second kappa shape index (κ2) is 10.5. The van der Waals surface area contributed by atoms with Gasteiger partial charge in [-0.15, -0.1) is 0 Å². The van der Waals surface area contributed by atoms with Crippen molar-refractivity contribution in [3.05, 3.63) is 0 Å². The third-order valence-corrected chi connectivity index (χ3v) is 4.73. The first-order valence-electron chi connectivity index (χ1n) is 9.10. The van der Waals surface area contributed by atoms with Crippen LogP contribution in [0.25, 0.3) is 0 Å². The van der Waals surface area contributed by atoms with E-state index >= 15 is 0 Å². The molecular formula is C17H34N2O2. The number of unbranched alkanes of at least 4 members (excludes halogenated alkanes) is 3. The predicted molar refractivity (Wildman–Crippen MR) is 86.3 cm³/mol. The number of nitrogens with zero attached hydrogens (tertiary/aromatic N) is 2. The van der Waals surface area contributed by atoms with Gasteiger partial charge in [0, 0.05) is 32.2 Å². The molecule has 0 amide bonds. The van der Waals surface area contributed by atoms with E-state index in [2.05, 4.69) is 16.9 Å². The van der Waals surface area contributed by atoms with Crippen LogP contribution in [-0.4, -0.2) is 62.0 Å². The van der Waals surface area contributed by atoms with Gasteiger partial charge in [-0.05, 0) is 19.3 Å². The molecule has 0 spiro atoms. The molecule has 21 heavy (non-hydrogen) atoms. The molecule has 1 saturated carbocycles. The largest absolute Gasteiger partial charge is 0.379 e. The Hall–Kier alpha value is -0.160. The molecule has 0 N–H and O–H groups in total. The van der Waals surface area contributed by atoms with E-state index in [1.54, 1.807) is 0 Å². The third-order valence-electron chi connectivity index (χ3n) is 4.73. The number of rotatable bonds is 10. The van der Waals surface area contributed by atoms with Crippen LogP contribution in [0.15, 0.2) is 0 Å². The first-order chi connectivity index (χ1) is 10.4. The fourth-order valence-electron chi connectivity index (χ4n) is 3.35. The van der Waals surface area contributed by atoms with Crippen molar-refractivity contribution in [1.82, 2.24) is 9.96 Å². The van der Waals surface area contributed by atoms with E-state index < -0.39 is 0 Å². The standard InChI is InChI=1S/C17H34N2O2/c1-2-3-4-7-10-19(17-8-5-6-9-17)21-16-13-18-11-14-20-15-12-18/h17H,2-16H2,1H3. The van der Waals surface area contributed by atoms with E-state index in [1.165, 1.54) is 51.4 Å². The van der Waals surface area contributed by atoms with Gasteiger partial charge < -0.3 is 4.74 Å². The van der Waals surface area contributed by atoms with Crippen LogP contribution in [0.4, 0.5) is 0 Å². The Balaban J connectivity index is 1.64. The number of ether oxygens (including phenoxy) is 1. The molecule has 1 heterocycles. The first-order valence-corrected chi connectivity index (χ1v) is 9.10. The number of morpholine rings is 1. The maximum absolute atomic E-state index is 6.16. The van der Waals surface area contributed by atoms with Gasteiger partial charge in [0.15, 0.2) is 0 Å². The summed E-state index contributed by atoms with van der Waals surface area (Å²) in [5.41, 5.74) is 0. The normalized spacial score (nSPS) is 21.4. The second-order valence-corrected chi connectivity index (χ2v) is 6.43. The lowest BCUT2D eigenvalue weighted by Gasteiger charge is -2.30. The molecule has 0 radical (unpaired) electrons. The third kappa shape index (κ3) is 6.64. The Bertz CT molecular complexity index is 251. The Kier molecular flexibility index (Phi) is 8.64. The van der Waals surface area contributed by atoms with Crippen molar-refractivity contribution < 1.29 is 9.57 Å². The maximum atomic E-state index is 6.16. The monoisotopic (exact) mass is 298 g/mol. The topological polar surface area (TPSA) is 24.9 Å². The van der Waals surface area contributed by atoms with Crippen LogP contribution in [-0.2, 0) is 9.57 Å². The number of hydroxylamine groups is 2. The van der Waals surface area contributed by atoms with E-state index in [-0.39, 0.29) is 0 Å². The minimum atomic E-state index is 0.677. The number of hydrogen-bond acceptors (Lipinski definition) is 4. The van der Waals surface area contributed by atoms with Gasteiger partial charge in [-0.2, -0.15) is 5.06 Å². The van der Waals surface area contributed by atoms with Crippen molar-refractivity contribution in [2.24, 2.45) is 0 Å². The van der Waals surface area contributed by atoms with Crippen LogP contribution in [0.1, 0.15) is 58.3 Å². The van der Waals surface area contributed by atoms with E-state index in [9.17, 15) is 0 Å². The molecule has 1 saturated heterocycles. The highest BCUT2D eigenvalue weighted by Gasteiger charge is 2.23. The van der Waals surface area contributed by atoms with Crippen LogP contribution < -0.4 is 0 Å².